The Balaban J connectivity index is 1.33. The summed E-state index contributed by atoms with van der Waals surface area (Å²) in [5.41, 5.74) is -1.29. The molecule has 180 valence electrons. The molecule has 2 atom stereocenters. The minimum atomic E-state index is -0.958. The van der Waals surface area contributed by atoms with Crippen LogP contribution >= 0.6 is 11.3 Å². The number of rotatable bonds is 5. The SMILES string of the molecule is CC(CC1CCCCC1)C(=O)N1CCC(O)(Cn2ccc3sccc3c2=O)C2(CCCC2)C1. The highest BCUT2D eigenvalue weighted by molar-refractivity contribution is 7.17. The largest absolute Gasteiger partial charge is 0.387 e. The van der Waals surface area contributed by atoms with Crippen molar-refractivity contribution in [1.29, 1.82) is 0 Å². The number of likely N-dealkylation sites (tertiary alicyclic amines) is 1. The highest BCUT2D eigenvalue weighted by Gasteiger charge is 2.55. The van der Waals surface area contributed by atoms with Crippen LogP contribution < -0.4 is 5.56 Å². The molecule has 3 aliphatic rings. The average Bonchev–Trinajstić information content (AvgIpc) is 3.49. The average molecular weight is 471 g/mol. The highest BCUT2D eigenvalue weighted by Crippen LogP contribution is 2.52. The summed E-state index contributed by atoms with van der Waals surface area (Å²) >= 11 is 1.57. The molecule has 2 aromatic rings. The number of pyridine rings is 1. The number of hydrogen-bond acceptors (Lipinski definition) is 4. The third kappa shape index (κ3) is 4.29. The summed E-state index contributed by atoms with van der Waals surface area (Å²) in [7, 11) is 0. The van der Waals surface area contributed by atoms with E-state index in [0.717, 1.165) is 42.2 Å². The van der Waals surface area contributed by atoms with E-state index in [2.05, 4.69) is 11.8 Å². The summed E-state index contributed by atoms with van der Waals surface area (Å²) in [4.78, 5) is 28.5. The van der Waals surface area contributed by atoms with Gasteiger partial charge < -0.3 is 14.6 Å². The van der Waals surface area contributed by atoms with Crippen LogP contribution in [-0.4, -0.2) is 39.2 Å². The molecule has 33 heavy (non-hydrogen) atoms. The standard InChI is InChI=1S/C27H38N2O3S/c1-20(17-21-7-3-2-4-8-21)24(30)29-15-13-27(32,26(18-29)11-5-6-12-26)19-28-14-9-23-22(25(28)31)10-16-33-23/h9-10,14,16,20-21,32H,2-8,11-13,15,17-19H2,1H3. The van der Waals surface area contributed by atoms with Crippen LogP contribution in [0.25, 0.3) is 10.1 Å². The van der Waals surface area contributed by atoms with E-state index in [1.165, 1.54) is 32.1 Å². The predicted molar refractivity (Wildman–Crippen MR) is 133 cm³/mol. The van der Waals surface area contributed by atoms with Crippen molar-refractivity contribution in [2.45, 2.75) is 89.7 Å². The predicted octanol–water partition coefficient (Wildman–Crippen LogP) is 5.19. The van der Waals surface area contributed by atoms with Crippen molar-refractivity contribution < 1.29 is 9.90 Å². The van der Waals surface area contributed by atoms with E-state index in [1.807, 2.05) is 23.7 Å². The fraction of sp³-hybridized carbons (Fsp3) is 0.704. The fourth-order valence-corrected chi connectivity index (χ4v) is 7.81. The summed E-state index contributed by atoms with van der Waals surface area (Å²) in [5, 5.41) is 14.7. The molecule has 6 heteroatoms. The van der Waals surface area contributed by atoms with Crippen LogP contribution in [0.5, 0.6) is 0 Å². The van der Waals surface area contributed by atoms with E-state index in [-0.39, 0.29) is 22.8 Å². The van der Waals surface area contributed by atoms with Crippen LogP contribution in [0.3, 0.4) is 0 Å². The van der Waals surface area contributed by atoms with Gasteiger partial charge in [-0.05, 0) is 49.1 Å². The Kier molecular flexibility index (Phi) is 6.43. The molecular formula is C27H38N2O3S. The first kappa shape index (κ1) is 23.1. The van der Waals surface area contributed by atoms with Crippen molar-refractivity contribution in [3.8, 4) is 0 Å². The van der Waals surface area contributed by atoms with Crippen molar-refractivity contribution in [2.24, 2.45) is 17.3 Å². The zero-order valence-electron chi connectivity index (χ0n) is 19.9. The number of aliphatic hydroxyl groups is 1. The lowest BCUT2D eigenvalue weighted by atomic mass is 9.65. The number of hydrogen-bond donors (Lipinski definition) is 1. The third-order valence-corrected chi connectivity index (χ3v) is 9.89. The molecule has 0 aromatic carbocycles. The smallest absolute Gasteiger partial charge is 0.259 e. The molecule has 1 amide bonds. The zero-order chi connectivity index (χ0) is 23.1. The Labute approximate surface area is 200 Å². The minimum absolute atomic E-state index is 0.0186. The lowest BCUT2D eigenvalue weighted by Gasteiger charge is -2.52. The van der Waals surface area contributed by atoms with Gasteiger partial charge >= 0.3 is 0 Å². The molecule has 2 aromatic heterocycles. The van der Waals surface area contributed by atoms with Crippen molar-refractivity contribution in [3.63, 3.8) is 0 Å². The first-order valence-corrected chi connectivity index (χ1v) is 13.9. The number of amides is 1. The molecule has 2 aliphatic carbocycles. The molecule has 2 unspecified atom stereocenters. The van der Waals surface area contributed by atoms with Gasteiger partial charge in [0, 0.05) is 35.3 Å². The summed E-state index contributed by atoms with van der Waals surface area (Å²) in [6.45, 7) is 3.64. The van der Waals surface area contributed by atoms with Gasteiger partial charge in [0.1, 0.15) is 0 Å². The minimum Gasteiger partial charge on any atom is -0.387 e. The fourth-order valence-electron chi connectivity index (χ4n) is 7.04. The van der Waals surface area contributed by atoms with E-state index >= 15 is 0 Å². The number of thiophene rings is 1. The number of fused-ring (bicyclic) bond motifs is 1. The highest BCUT2D eigenvalue weighted by atomic mass is 32.1. The molecule has 0 radical (unpaired) electrons. The van der Waals surface area contributed by atoms with Gasteiger partial charge in [0.15, 0.2) is 0 Å². The maximum absolute atomic E-state index is 13.4. The topological polar surface area (TPSA) is 62.5 Å². The summed E-state index contributed by atoms with van der Waals surface area (Å²) in [5.74, 6) is 1.02. The quantitative estimate of drug-likeness (QED) is 0.654. The molecule has 3 heterocycles. The number of carbonyl (C=O) groups is 1. The van der Waals surface area contributed by atoms with Crippen molar-refractivity contribution >= 4 is 27.3 Å². The van der Waals surface area contributed by atoms with Gasteiger partial charge in [0.25, 0.3) is 5.56 Å². The maximum Gasteiger partial charge on any atom is 0.259 e. The van der Waals surface area contributed by atoms with Gasteiger partial charge in [0.2, 0.25) is 5.91 Å². The van der Waals surface area contributed by atoms with Crippen LogP contribution in [0.1, 0.15) is 77.6 Å². The molecule has 1 aliphatic heterocycles. The number of aromatic nitrogens is 1. The van der Waals surface area contributed by atoms with Gasteiger partial charge in [-0.15, -0.1) is 11.3 Å². The van der Waals surface area contributed by atoms with Crippen LogP contribution in [0.4, 0.5) is 0 Å². The second kappa shape index (κ2) is 9.18. The molecular weight excluding hydrogens is 432 g/mol. The Bertz CT molecular complexity index is 1050. The molecule has 3 fully saturated rings. The lowest BCUT2D eigenvalue weighted by molar-refractivity contribution is -0.163. The van der Waals surface area contributed by atoms with Crippen molar-refractivity contribution in [3.05, 3.63) is 34.1 Å². The van der Waals surface area contributed by atoms with Gasteiger partial charge in [0.05, 0.1) is 17.5 Å². The maximum atomic E-state index is 13.4. The van der Waals surface area contributed by atoms with Gasteiger partial charge in [-0.25, -0.2) is 0 Å². The monoisotopic (exact) mass is 470 g/mol. The molecule has 5 nitrogen and oxygen atoms in total. The van der Waals surface area contributed by atoms with Crippen LogP contribution in [0, 0.1) is 17.3 Å². The molecule has 1 N–H and O–H groups in total. The van der Waals surface area contributed by atoms with Crippen LogP contribution in [-0.2, 0) is 11.3 Å². The molecule has 0 bridgehead atoms. The second-order valence-electron chi connectivity index (χ2n) is 11.1. The first-order chi connectivity index (χ1) is 15.9. The van der Waals surface area contributed by atoms with Crippen molar-refractivity contribution in [1.82, 2.24) is 9.47 Å². The second-order valence-corrected chi connectivity index (χ2v) is 12.1. The summed E-state index contributed by atoms with van der Waals surface area (Å²) in [6, 6.07) is 3.86. The Morgan fingerprint density at radius 2 is 1.91 bits per heavy atom. The summed E-state index contributed by atoms with van der Waals surface area (Å²) in [6.07, 6.45) is 13.9. The van der Waals surface area contributed by atoms with Gasteiger partial charge in [-0.3, -0.25) is 9.59 Å². The van der Waals surface area contributed by atoms with Crippen LogP contribution in [0.2, 0.25) is 0 Å². The Morgan fingerprint density at radius 1 is 1.15 bits per heavy atom. The number of carbonyl (C=O) groups excluding carboxylic acids is 1. The first-order valence-electron chi connectivity index (χ1n) is 13.0. The summed E-state index contributed by atoms with van der Waals surface area (Å²) < 4.78 is 2.70. The molecule has 1 saturated heterocycles. The molecule has 1 spiro atoms. The number of nitrogens with zero attached hydrogens (tertiary/aromatic N) is 2. The van der Waals surface area contributed by atoms with Gasteiger partial charge in [-0.2, -0.15) is 0 Å². The molecule has 5 rings (SSSR count). The van der Waals surface area contributed by atoms with E-state index in [0.29, 0.717) is 32.0 Å². The lowest BCUT2D eigenvalue weighted by Crippen LogP contribution is -2.62. The Hall–Kier alpha value is -1.66. The van der Waals surface area contributed by atoms with E-state index in [1.54, 1.807) is 15.9 Å². The zero-order valence-corrected chi connectivity index (χ0v) is 20.7. The number of piperidine rings is 1. The Morgan fingerprint density at radius 3 is 2.67 bits per heavy atom. The normalized spacial score (nSPS) is 26.8. The van der Waals surface area contributed by atoms with Crippen molar-refractivity contribution in [2.75, 3.05) is 13.1 Å². The molecule has 2 saturated carbocycles. The van der Waals surface area contributed by atoms with E-state index in [4.69, 9.17) is 0 Å². The van der Waals surface area contributed by atoms with E-state index in [9.17, 15) is 14.7 Å². The van der Waals surface area contributed by atoms with Gasteiger partial charge in [-0.1, -0.05) is 51.9 Å². The van der Waals surface area contributed by atoms with E-state index < -0.39 is 5.60 Å². The van der Waals surface area contributed by atoms with Crippen LogP contribution in [0.15, 0.2) is 28.5 Å². The third-order valence-electron chi connectivity index (χ3n) is 9.01.